The number of carboxylic acid groups (broad SMARTS) is 1. The molecule has 0 aliphatic rings. The largest absolute Gasteiger partial charge is 0.477 e. The summed E-state index contributed by atoms with van der Waals surface area (Å²) >= 11 is 0. The van der Waals surface area contributed by atoms with Crippen LogP contribution >= 0.6 is 0 Å². The lowest BCUT2D eigenvalue weighted by Gasteiger charge is -1.91. The average Bonchev–Trinajstić information content (AvgIpc) is 2.11. The van der Waals surface area contributed by atoms with Crippen molar-refractivity contribution in [3.05, 3.63) is 48.6 Å². The van der Waals surface area contributed by atoms with E-state index in [0.717, 1.165) is 0 Å². The molecule has 0 unspecified atom stereocenters. The third-order valence-electron chi connectivity index (χ3n) is 1.21. The molecule has 0 spiro atoms. The van der Waals surface area contributed by atoms with Crippen molar-refractivity contribution >= 4 is 5.97 Å². The van der Waals surface area contributed by atoms with E-state index in [2.05, 4.69) is 13.2 Å². The number of hydrogen-bond donors (Lipinski definition) is 1. The van der Waals surface area contributed by atoms with Crippen molar-refractivity contribution in [1.82, 2.24) is 0 Å². The molecule has 0 heterocycles. The fraction of sp³-hybridized carbons (Fsp3) is 0. The smallest absolute Gasteiger partial charge is 0.346 e. The van der Waals surface area contributed by atoms with Crippen LogP contribution in [0.2, 0.25) is 0 Å². The highest BCUT2D eigenvalue weighted by Crippen LogP contribution is 2.03. The first-order chi connectivity index (χ1) is 6.15. The van der Waals surface area contributed by atoms with Crippen molar-refractivity contribution in [2.75, 3.05) is 0 Å². The van der Waals surface area contributed by atoms with Crippen LogP contribution in [0.25, 0.3) is 0 Å². The summed E-state index contributed by atoms with van der Waals surface area (Å²) in [7, 11) is 0. The lowest BCUT2D eigenvalue weighted by Crippen LogP contribution is -1.97. The predicted octanol–water partition coefficient (Wildman–Crippen LogP) is 1.82. The molecule has 0 amide bonds. The Labute approximate surface area is 76.6 Å². The van der Waals surface area contributed by atoms with Crippen LogP contribution in [0.4, 0.5) is 0 Å². The topological polar surface area (TPSA) is 61.1 Å². The number of carbonyl (C=O) groups is 1. The predicted molar refractivity (Wildman–Crippen MR) is 49.8 cm³/mol. The molecular formula is C10H9NO2. The maximum absolute atomic E-state index is 10.4. The summed E-state index contributed by atoms with van der Waals surface area (Å²) in [5, 5.41) is 16.9. The Morgan fingerprint density at radius 3 is 2.38 bits per heavy atom. The molecule has 66 valence electrons. The highest BCUT2D eigenvalue weighted by Gasteiger charge is 2.04. The van der Waals surface area contributed by atoms with Crippen LogP contribution in [-0.4, -0.2) is 11.1 Å². The first-order valence-electron chi connectivity index (χ1n) is 3.46. The van der Waals surface area contributed by atoms with Gasteiger partial charge in [0.2, 0.25) is 0 Å². The van der Waals surface area contributed by atoms with Gasteiger partial charge in [-0.05, 0) is 11.6 Å². The molecule has 13 heavy (non-hydrogen) atoms. The van der Waals surface area contributed by atoms with E-state index in [1.165, 1.54) is 18.2 Å². The van der Waals surface area contributed by atoms with E-state index < -0.39 is 5.97 Å². The van der Waals surface area contributed by atoms with Gasteiger partial charge in [0.05, 0.1) is 0 Å². The molecule has 0 atom stereocenters. The second-order valence-electron chi connectivity index (χ2n) is 2.08. The maximum atomic E-state index is 10.4. The zero-order valence-corrected chi connectivity index (χ0v) is 7.03. The first-order valence-corrected chi connectivity index (χ1v) is 3.46. The van der Waals surface area contributed by atoms with Gasteiger partial charge in [-0.2, -0.15) is 5.26 Å². The molecule has 0 bridgehead atoms. The molecule has 3 heteroatoms. The number of nitriles is 1. The molecule has 1 N–H and O–H groups in total. The van der Waals surface area contributed by atoms with Gasteiger partial charge in [0.1, 0.15) is 11.6 Å². The fourth-order valence-corrected chi connectivity index (χ4v) is 0.620. The van der Waals surface area contributed by atoms with Crippen molar-refractivity contribution in [1.29, 1.82) is 5.26 Å². The van der Waals surface area contributed by atoms with Gasteiger partial charge in [-0.15, -0.1) is 0 Å². The second-order valence-corrected chi connectivity index (χ2v) is 2.08. The molecular weight excluding hydrogens is 166 g/mol. The molecule has 0 aromatic heterocycles. The minimum atomic E-state index is -1.25. The molecule has 0 saturated carbocycles. The third-order valence-corrected chi connectivity index (χ3v) is 1.21. The number of carboxylic acids is 1. The average molecular weight is 175 g/mol. The Morgan fingerprint density at radius 2 is 2.08 bits per heavy atom. The Morgan fingerprint density at radius 1 is 1.46 bits per heavy atom. The van der Waals surface area contributed by atoms with E-state index in [9.17, 15) is 4.79 Å². The minimum Gasteiger partial charge on any atom is -0.477 e. The van der Waals surface area contributed by atoms with E-state index in [0.29, 0.717) is 5.57 Å². The highest BCUT2D eigenvalue weighted by molar-refractivity contribution is 5.91. The van der Waals surface area contributed by atoms with Gasteiger partial charge in [-0.1, -0.05) is 31.4 Å². The number of aliphatic carboxylic acids is 1. The van der Waals surface area contributed by atoms with E-state index in [4.69, 9.17) is 10.4 Å². The van der Waals surface area contributed by atoms with Crippen LogP contribution in [-0.2, 0) is 4.79 Å². The zero-order chi connectivity index (χ0) is 10.3. The summed E-state index contributed by atoms with van der Waals surface area (Å²) in [5.41, 5.74) is 0.210. The molecule has 0 aliphatic carbocycles. The van der Waals surface area contributed by atoms with Gasteiger partial charge >= 0.3 is 5.97 Å². The Balaban J connectivity index is 4.99. The standard InChI is InChI=1S/C10H9NO2/c1-3-5-8(4-2)6-9(7-11)10(12)13/h3-6H,1-2H2,(H,12,13)/b8-5+,9-6+. The van der Waals surface area contributed by atoms with Crippen molar-refractivity contribution in [2.45, 2.75) is 0 Å². The van der Waals surface area contributed by atoms with E-state index in [-0.39, 0.29) is 5.57 Å². The van der Waals surface area contributed by atoms with Crippen molar-refractivity contribution in [3.63, 3.8) is 0 Å². The van der Waals surface area contributed by atoms with Crippen molar-refractivity contribution < 1.29 is 9.90 Å². The summed E-state index contributed by atoms with van der Waals surface area (Å²) in [5.74, 6) is -1.25. The van der Waals surface area contributed by atoms with Gasteiger partial charge in [0.15, 0.2) is 0 Å². The monoisotopic (exact) mass is 175 g/mol. The zero-order valence-electron chi connectivity index (χ0n) is 7.03. The van der Waals surface area contributed by atoms with Gasteiger partial charge < -0.3 is 5.11 Å². The normalized spacial score (nSPS) is 11.6. The Hall–Kier alpha value is -2.08. The van der Waals surface area contributed by atoms with Crippen LogP contribution in [0.3, 0.4) is 0 Å². The van der Waals surface area contributed by atoms with Crippen LogP contribution in [0.15, 0.2) is 48.6 Å². The number of allylic oxidation sites excluding steroid dienone is 5. The minimum absolute atomic E-state index is 0.326. The molecule has 0 aromatic rings. The van der Waals surface area contributed by atoms with Crippen LogP contribution in [0, 0.1) is 11.3 Å². The Bertz CT molecular complexity index is 329. The quantitative estimate of drug-likeness (QED) is 0.402. The first kappa shape index (κ1) is 10.9. The Kier molecular flexibility index (Phi) is 4.67. The fourth-order valence-electron chi connectivity index (χ4n) is 0.620. The van der Waals surface area contributed by atoms with E-state index in [1.54, 1.807) is 12.1 Å². The second kappa shape index (κ2) is 5.56. The van der Waals surface area contributed by atoms with Gasteiger partial charge in [0, 0.05) is 0 Å². The van der Waals surface area contributed by atoms with Crippen molar-refractivity contribution in [3.8, 4) is 6.07 Å². The third kappa shape index (κ3) is 3.73. The number of hydrogen-bond acceptors (Lipinski definition) is 2. The lowest BCUT2D eigenvalue weighted by atomic mass is 10.1. The van der Waals surface area contributed by atoms with Crippen LogP contribution in [0.5, 0.6) is 0 Å². The SMILES string of the molecule is C=C/C=C(C=C)/C=C(\C#N)C(=O)O. The van der Waals surface area contributed by atoms with Gasteiger partial charge in [-0.25, -0.2) is 4.79 Å². The molecule has 0 rings (SSSR count). The molecule has 0 radical (unpaired) electrons. The van der Waals surface area contributed by atoms with Crippen LogP contribution in [0.1, 0.15) is 0 Å². The molecule has 0 saturated heterocycles. The highest BCUT2D eigenvalue weighted by atomic mass is 16.4. The maximum Gasteiger partial charge on any atom is 0.346 e. The van der Waals surface area contributed by atoms with Crippen LogP contribution < -0.4 is 0 Å². The molecule has 3 nitrogen and oxygen atoms in total. The molecule has 0 aliphatic heterocycles. The van der Waals surface area contributed by atoms with E-state index in [1.807, 2.05) is 0 Å². The number of nitrogens with zero attached hydrogens (tertiary/aromatic N) is 1. The summed E-state index contributed by atoms with van der Waals surface area (Å²) in [6.07, 6.45) is 5.73. The van der Waals surface area contributed by atoms with Gasteiger partial charge in [-0.3, -0.25) is 0 Å². The number of rotatable bonds is 4. The summed E-state index contributed by atoms with van der Waals surface area (Å²) in [6, 6.07) is 1.56. The summed E-state index contributed by atoms with van der Waals surface area (Å²) in [4.78, 5) is 10.4. The van der Waals surface area contributed by atoms with E-state index >= 15 is 0 Å². The summed E-state index contributed by atoms with van der Waals surface area (Å²) in [6.45, 7) is 6.91. The molecule has 0 fully saturated rings. The summed E-state index contributed by atoms with van der Waals surface area (Å²) < 4.78 is 0. The lowest BCUT2D eigenvalue weighted by molar-refractivity contribution is -0.132. The van der Waals surface area contributed by atoms with Gasteiger partial charge in [0.25, 0.3) is 0 Å². The molecule has 0 aromatic carbocycles. The van der Waals surface area contributed by atoms with Crippen molar-refractivity contribution in [2.24, 2.45) is 0 Å².